The van der Waals surface area contributed by atoms with Gasteiger partial charge in [-0.2, -0.15) is 4.52 Å². The fourth-order valence-electron chi connectivity index (χ4n) is 2.69. The minimum atomic E-state index is -0.406. The third-order valence-electron chi connectivity index (χ3n) is 3.80. The smallest absolute Gasteiger partial charge is 0.275 e. The standard InChI is InChI=1S/C18H14N6O2/c1-12-4-2-6-15(21-12)22-18(26)14-10-16-20-9-7-17(25)24(16)23(14)13-5-3-8-19-11-13/h2-11H,1H3,(H,21,22,26). The van der Waals surface area contributed by atoms with Crippen molar-refractivity contribution >= 4 is 17.4 Å². The average molecular weight is 346 g/mol. The zero-order valence-electron chi connectivity index (χ0n) is 13.8. The van der Waals surface area contributed by atoms with Crippen LogP contribution in [0, 0.1) is 6.92 Å². The minimum Gasteiger partial charge on any atom is -0.305 e. The largest absolute Gasteiger partial charge is 0.305 e. The molecule has 0 radical (unpaired) electrons. The van der Waals surface area contributed by atoms with Gasteiger partial charge in [0.1, 0.15) is 11.5 Å². The Hall–Kier alpha value is -3.81. The molecule has 0 aliphatic carbocycles. The third kappa shape index (κ3) is 2.73. The van der Waals surface area contributed by atoms with Gasteiger partial charge in [-0.15, -0.1) is 0 Å². The molecule has 8 nitrogen and oxygen atoms in total. The number of amides is 1. The van der Waals surface area contributed by atoms with Crippen LogP contribution in [0.1, 0.15) is 16.2 Å². The van der Waals surface area contributed by atoms with Crippen LogP contribution in [0.3, 0.4) is 0 Å². The number of hydrogen-bond donors (Lipinski definition) is 1. The molecule has 1 N–H and O–H groups in total. The van der Waals surface area contributed by atoms with Crippen molar-refractivity contribution in [3.63, 3.8) is 0 Å². The molecule has 0 aliphatic rings. The van der Waals surface area contributed by atoms with Crippen LogP contribution in [0.5, 0.6) is 0 Å². The maximum absolute atomic E-state index is 12.9. The number of aryl methyl sites for hydroxylation is 1. The number of carbonyl (C=O) groups excluding carboxylic acids is 1. The van der Waals surface area contributed by atoms with E-state index in [0.717, 1.165) is 5.69 Å². The Kier molecular flexibility index (Phi) is 3.77. The molecular weight excluding hydrogens is 332 g/mol. The predicted molar refractivity (Wildman–Crippen MR) is 95.5 cm³/mol. The summed E-state index contributed by atoms with van der Waals surface area (Å²) in [4.78, 5) is 37.7. The molecule has 4 heterocycles. The number of carbonyl (C=O) groups is 1. The second-order valence-electron chi connectivity index (χ2n) is 5.62. The normalized spacial score (nSPS) is 10.8. The van der Waals surface area contributed by atoms with Crippen molar-refractivity contribution in [1.82, 2.24) is 24.1 Å². The van der Waals surface area contributed by atoms with Crippen molar-refractivity contribution in [3.05, 3.63) is 82.8 Å². The van der Waals surface area contributed by atoms with Gasteiger partial charge in [0, 0.05) is 30.2 Å². The molecular formula is C18H14N6O2. The van der Waals surface area contributed by atoms with E-state index >= 15 is 0 Å². The number of hydrogen-bond acceptors (Lipinski definition) is 5. The van der Waals surface area contributed by atoms with Crippen molar-refractivity contribution < 1.29 is 4.79 Å². The van der Waals surface area contributed by atoms with Crippen LogP contribution in [-0.2, 0) is 0 Å². The van der Waals surface area contributed by atoms with E-state index in [0.29, 0.717) is 17.2 Å². The van der Waals surface area contributed by atoms with Crippen LogP contribution < -0.4 is 10.9 Å². The first kappa shape index (κ1) is 15.7. The monoisotopic (exact) mass is 346 g/mol. The molecule has 0 atom stereocenters. The van der Waals surface area contributed by atoms with Gasteiger partial charge in [0.2, 0.25) is 0 Å². The maximum Gasteiger partial charge on any atom is 0.275 e. The highest BCUT2D eigenvalue weighted by atomic mass is 16.2. The van der Waals surface area contributed by atoms with Crippen LogP contribution in [0.15, 0.2) is 65.8 Å². The van der Waals surface area contributed by atoms with E-state index in [-0.39, 0.29) is 11.3 Å². The summed E-state index contributed by atoms with van der Waals surface area (Å²) in [5, 5.41) is 2.76. The molecule has 0 saturated heterocycles. The van der Waals surface area contributed by atoms with E-state index < -0.39 is 5.91 Å². The van der Waals surface area contributed by atoms with Crippen molar-refractivity contribution in [2.45, 2.75) is 6.92 Å². The minimum absolute atomic E-state index is 0.247. The van der Waals surface area contributed by atoms with Gasteiger partial charge in [0.15, 0.2) is 5.65 Å². The number of aromatic nitrogens is 5. The summed E-state index contributed by atoms with van der Waals surface area (Å²) in [5.74, 6) is 0.0233. The lowest BCUT2D eigenvalue weighted by atomic mass is 10.3. The summed E-state index contributed by atoms with van der Waals surface area (Å²) in [7, 11) is 0. The van der Waals surface area contributed by atoms with E-state index in [9.17, 15) is 9.59 Å². The molecule has 0 bridgehead atoms. The summed E-state index contributed by atoms with van der Waals surface area (Å²) >= 11 is 0. The van der Waals surface area contributed by atoms with E-state index in [4.69, 9.17) is 0 Å². The number of fused-ring (bicyclic) bond motifs is 1. The van der Waals surface area contributed by atoms with Crippen molar-refractivity contribution in [3.8, 4) is 5.69 Å². The second kappa shape index (κ2) is 6.25. The summed E-state index contributed by atoms with van der Waals surface area (Å²) in [6.45, 7) is 1.84. The van der Waals surface area contributed by atoms with E-state index in [1.54, 1.807) is 42.7 Å². The molecule has 0 saturated carbocycles. The van der Waals surface area contributed by atoms with Gasteiger partial charge in [0.05, 0.1) is 11.9 Å². The van der Waals surface area contributed by atoms with Crippen molar-refractivity contribution in [1.29, 1.82) is 0 Å². The lowest BCUT2D eigenvalue weighted by molar-refractivity contribution is 0.101. The number of nitrogens with one attached hydrogen (secondary N) is 1. The molecule has 4 aromatic heterocycles. The Morgan fingerprint density at radius 3 is 2.77 bits per heavy atom. The summed E-state index contributed by atoms with van der Waals surface area (Å²) < 4.78 is 2.82. The third-order valence-corrected chi connectivity index (χ3v) is 3.80. The molecule has 26 heavy (non-hydrogen) atoms. The second-order valence-corrected chi connectivity index (χ2v) is 5.62. The molecule has 0 unspecified atom stereocenters. The fourth-order valence-corrected chi connectivity index (χ4v) is 2.69. The Bertz CT molecular complexity index is 1160. The molecule has 4 rings (SSSR count). The Morgan fingerprint density at radius 1 is 1.12 bits per heavy atom. The van der Waals surface area contributed by atoms with Crippen molar-refractivity contribution in [2.24, 2.45) is 0 Å². The van der Waals surface area contributed by atoms with Gasteiger partial charge in [0.25, 0.3) is 11.5 Å². The number of anilines is 1. The van der Waals surface area contributed by atoms with Gasteiger partial charge in [-0.25, -0.2) is 14.6 Å². The molecule has 4 aromatic rings. The molecule has 0 fully saturated rings. The van der Waals surface area contributed by atoms with E-state index in [1.807, 2.05) is 13.0 Å². The topological polar surface area (TPSA) is 94.2 Å². The number of rotatable bonds is 3. The van der Waals surface area contributed by atoms with Gasteiger partial charge in [-0.05, 0) is 31.2 Å². The van der Waals surface area contributed by atoms with Crippen LogP contribution in [0.2, 0.25) is 0 Å². The fraction of sp³-hybridized carbons (Fsp3) is 0.0556. The summed E-state index contributed by atoms with van der Waals surface area (Å²) in [5.41, 5.74) is 1.67. The quantitative estimate of drug-likeness (QED) is 0.611. The highest BCUT2D eigenvalue weighted by Gasteiger charge is 2.19. The highest BCUT2D eigenvalue weighted by molar-refractivity contribution is 6.03. The summed E-state index contributed by atoms with van der Waals surface area (Å²) in [6.07, 6.45) is 4.60. The van der Waals surface area contributed by atoms with Crippen LogP contribution in [-0.4, -0.2) is 30.1 Å². The Morgan fingerprint density at radius 2 is 2.00 bits per heavy atom. The molecule has 1 amide bonds. The van der Waals surface area contributed by atoms with E-state index in [2.05, 4.69) is 20.3 Å². The van der Waals surface area contributed by atoms with Crippen molar-refractivity contribution in [2.75, 3.05) is 5.32 Å². The average Bonchev–Trinajstić information content (AvgIpc) is 3.04. The molecule has 0 aromatic carbocycles. The zero-order chi connectivity index (χ0) is 18.1. The first-order valence-electron chi connectivity index (χ1n) is 7.89. The van der Waals surface area contributed by atoms with Gasteiger partial charge in [-0.3, -0.25) is 14.6 Å². The zero-order valence-corrected chi connectivity index (χ0v) is 13.8. The highest BCUT2D eigenvalue weighted by Crippen LogP contribution is 2.15. The first-order chi connectivity index (χ1) is 12.6. The number of pyridine rings is 2. The van der Waals surface area contributed by atoms with Gasteiger partial charge < -0.3 is 5.32 Å². The lowest BCUT2D eigenvalue weighted by Crippen LogP contribution is -2.24. The molecule has 128 valence electrons. The lowest BCUT2D eigenvalue weighted by Gasteiger charge is -2.10. The molecule has 8 heteroatoms. The van der Waals surface area contributed by atoms with Crippen LogP contribution in [0.25, 0.3) is 11.3 Å². The summed E-state index contributed by atoms with van der Waals surface area (Å²) in [6, 6.07) is 11.7. The van der Waals surface area contributed by atoms with Crippen LogP contribution in [0.4, 0.5) is 5.82 Å². The van der Waals surface area contributed by atoms with E-state index in [1.165, 1.54) is 21.5 Å². The first-order valence-corrected chi connectivity index (χ1v) is 7.89. The predicted octanol–water partition coefficient (Wildman–Crippen LogP) is 1.84. The Labute approximate surface area is 147 Å². The molecule has 0 aliphatic heterocycles. The number of nitrogens with zero attached hydrogens (tertiary/aromatic N) is 5. The Balaban J connectivity index is 1.88. The van der Waals surface area contributed by atoms with Gasteiger partial charge in [-0.1, -0.05) is 6.07 Å². The van der Waals surface area contributed by atoms with Crippen LogP contribution >= 0.6 is 0 Å². The molecule has 0 spiro atoms. The maximum atomic E-state index is 12.9. The van der Waals surface area contributed by atoms with Gasteiger partial charge >= 0.3 is 0 Å². The SMILES string of the molecule is Cc1cccc(NC(=O)c2cc3nccc(=O)n3n2-c2cccnc2)n1.